The molecule has 3 heteroatoms. The van der Waals surface area contributed by atoms with Crippen LogP contribution in [0.5, 0.6) is 11.5 Å². The van der Waals surface area contributed by atoms with E-state index in [2.05, 4.69) is 6.58 Å². The molecular formula is C13H16O3. The molecule has 0 aliphatic rings. The van der Waals surface area contributed by atoms with Gasteiger partial charge in [0.15, 0.2) is 5.78 Å². The molecule has 0 aliphatic carbocycles. The van der Waals surface area contributed by atoms with E-state index >= 15 is 0 Å². The summed E-state index contributed by atoms with van der Waals surface area (Å²) in [5, 5.41) is 0. The highest BCUT2D eigenvalue weighted by atomic mass is 16.5. The molecule has 0 saturated heterocycles. The first kappa shape index (κ1) is 12.3. The Morgan fingerprint density at radius 1 is 1.31 bits per heavy atom. The summed E-state index contributed by atoms with van der Waals surface area (Å²) in [6, 6.07) is 5.17. The summed E-state index contributed by atoms with van der Waals surface area (Å²) in [6.07, 6.45) is 0.323. The van der Waals surface area contributed by atoms with E-state index in [9.17, 15) is 4.79 Å². The molecule has 0 unspecified atom stereocenters. The molecule has 1 rings (SSSR count). The molecule has 0 saturated carbocycles. The largest absolute Gasteiger partial charge is 0.497 e. The van der Waals surface area contributed by atoms with Crippen molar-refractivity contribution in [2.45, 2.75) is 13.3 Å². The third-order valence-electron chi connectivity index (χ3n) is 2.17. The van der Waals surface area contributed by atoms with Crippen molar-refractivity contribution in [3.63, 3.8) is 0 Å². The first-order valence-corrected chi connectivity index (χ1v) is 4.98. The van der Waals surface area contributed by atoms with E-state index < -0.39 is 0 Å². The number of carbonyl (C=O) groups is 1. The van der Waals surface area contributed by atoms with Crippen LogP contribution in [0.2, 0.25) is 0 Å². The maximum atomic E-state index is 11.9. The number of allylic oxidation sites excluding steroid dienone is 1. The van der Waals surface area contributed by atoms with Gasteiger partial charge in [-0.2, -0.15) is 0 Å². The topological polar surface area (TPSA) is 35.5 Å². The predicted molar refractivity (Wildman–Crippen MR) is 63.3 cm³/mol. The van der Waals surface area contributed by atoms with Gasteiger partial charge in [-0.3, -0.25) is 4.79 Å². The van der Waals surface area contributed by atoms with Gasteiger partial charge in [0, 0.05) is 6.42 Å². The summed E-state index contributed by atoms with van der Waals surface area (Å²) in [6.45, 7) is 5.55. The molecule has 0 heterocycles. The van der Waals surface area contributed by atoms with Crippen molar-refractivity contribution in [3.05, 3.63) is 35.9 Å². The number of benzene rings is 1. The number of hydrogen-bond acceptors (Lipinski definition) is 3. The van der Waals surface area contributed by atoms with Crippen molar-refractivity contribution in [2.24, 2.45) is 0 Å². The Morgan fingerprint density at radius 3 is 2.50 bits per heavy atom. The normalized spacial score (nSPS) is 9.69. The standard InChI is InChI=1S/C13H16O3/c1-9(2)7-12(14)11-8-10(15-3)5-6-13(11)16-4/h5-6,8H,1,7H2,2-4H3. The monoisotopic (exact) mass is 220 g/mol. The molecule has 0 radical (unpaired) electrons. The third-order valence-corrected chi connectivity index (χ3v) is 2.17. The predicted octanol–water partition coefficient (Wildman–Crippen LogP) is 2.85. The van der Waals surface area contributed by atoms with Gasteiger partial charge in [0.2, 0.25) is 0 Å². The average Bonchev–Trinajstić information content (AvgIpc) is 2.27. The fourth-order valence-electron chi connectivity index (χ4n) is 1.40. The molecule has 0 atom stereocenters. The molecule has 0 aliphatic heterocycles. The number of methoxy groups -OCH3 is 2. The summed E-state index contributed by atoms with van der Waals surface area (Å²) in [7, 11) is 3.11. The Labute approximate surface area is 95.7 Å². The second kappa shape index (κ2) is 5.35. The summed E-state index contributed by atoms with van der Waals surface area (Å²) in [5.74, 6) is 1.20. The fourth-order valence-corrected chi connectivity index (χ4v) is 1.40. The van der Waals surface area contributed by atoms with Crippen LogP contribution < -0.4 is 9.47 Å². The highest BCUT2D eigenvalue weighted by Gasteiger charge is 2.13. The fraction of sp³-hybridized carbons (Fsp3) is 0.308. The molecule has 0 spiro atoms. The Morgan fingerprint density at radius 2 is 2.00 bits per heavy atom. The Bertz CT molecular complexity index is 408. The van der Waals surface area contributed by atoms with E-state index in [0.717, 1.165) is 5.57 Å². The van der Waals surface area contributed by atoms with E-state index in [1.54, 1.807) is 32.4 Å². The molecule has 3 nitrogen and oxygen atoms in total. The van der Waals surface area contributed by atoms with E-state index in [-0.39, 0.29) is 5.78 Å². The van der Waals surface area contributed by atoms with Crippen LogP contribution in [0.1, 0.15) is 23.7 Å². The Kier molecular flexibility index (Phi) is 4.11. The van der Waals surface area contributed by atoms with Crippen molar-refractivity contribution in [2.75, 3.05) is 14.2 Å². The Hall–Kier alpha value is -1.77. The second-order valence-electron chi connectivity index (χ2n) is 3.62. The maximum absolute atomic E-state index is 11.9. The molecule has 1 aromatic carbocycles. The van der Waals surface area contributed by atoms with Crippen LogP contribution in [-0.2, 0) is 0 Å². The SMILES string of the molecule is C=C(C)CC(=O)c1cc(OC)ccc1OC. The average molecular weight is 220 g/mol. The van der Waals surface area contributed by atoms with Crippen LogP contribution in [0.3, 0.4) is 0 Å². The zero-order chi connectivity index (χ0) is 12.1. The Balaban J connectivity index is 3.08. The summed E-state index contributed by atoms with van der Waals surface area (Å²) in [5.41, 5.74) is 1.36. The number of ether oxygens (including phenoxy) is 2. The van der Waals surface area contributed by atoms with Gasteiger partial charge < -0.3 is 9.47 Å². The molecule has 0 fully saturated rings. The van der Waals surface area contributed by atoms with Gasteiger partial charge in [-0.15, -0.1) is 0 Å². The molecule has 1 aromatic rings. The number of ketones is 1. The molecular weight excluding hydrogens is 204 g/mol. The quantitative estimate of drug-likeness (QED) is 0.565. The van der Waals surface area contributed by atoms with Crippen LogP contribution in [0.25, 0.3) is 0 Å². The van der Waals surface area contributed by atoms with Gasteiger partial charge in [-0.1, -0.05) is 12.2 Å². The summed E-state index contributed by atoms with van der Waals surface area (Å²) < 4.78 is 10.2. The van der Waals surface area contributed by atoms with Crippen LogP contribution >= 0.6 is 0 Å². The minimum atomic E-state index is -0.0109. The lowest BCUT2D eigenvalue weighted by molar-refractivity contribution is 0.0990. The number of Topliss-reactive ketones (excluding diaryl/α,β-unsaturated/α-hetero) is 1. The molecule has 0 N–H and O–H groups in total. The lowest BCUT2D eigenvalue weighted by Gasteiger charge is -2.09. The third kappa shape index (κ3) is 2.86. The van der Waals surface area contributed by atoms with Gasteiger partial charge in [0.1, 0.15) is 11.5 Å². The van der Waals surface area contributed by atoms with Crippen LogP contribution in [0.15, 0.2) is 30.4 Å². The number of hydrogen-bond donors (Lipinski definition) is 0. The molecule has 86 valence electrons. The first-order valence-electron chi connectivity index (χ1n) is 4.98. The van der Waals surface area contributed by atoms with E-state index in [1.165, 1.54) is 0 Å². The lowest BCUT2D eigenvalue weighted by atomic mass is 10.0. The maximum Gasteiger partial charge on any atom is 0.170 e. The second-order valence-corrected chi connectivity index (χ2v) is 3.62. The van der Waals surface area contributed by atoms with Gasteiger partial charge in [0.25, 0.3) is 0 Å². The van der Waals surface area contributed by atoms with Crippen molar-refractivity contribution < 1.29 is 14.3 Å². The van der Waals surface area contributed by atoms with E-state index in [1.807, 2.05) is 6.92 Å². The minimum absolute atomic E-state index is 0.0109. The van der Waals surface area contributed by atoms with Gasteiger partial charge in [0.05, 0.1) is 19.8 Å². The molecule has 0 amide bonds. The van der Waals surface area contributed by atoms with Gasteiger partial charge >= 0.3 is 0 Å². The summed E-state index contributed by atoms with van der Waals surface area (Å²) in [4.78, 5) is 11.9. The molecule has 0 bridgehead atoms. The van der Waals surface area contributed by atoms with Crippen molar-refractivity contribution in [3.8, 4) is 11.5 Å². The smallest absolute Gasteiger partial charge is 0.170 e. The van der Waals surface area contributed by atoms with E-state index in [0.29, 0.717) is 23.5 Å². The van der Waals surface area contributed by atoms with Crippen molar-refractivity contribution in [1.82, 2.24) is 0 Å². The number of rotatable bonds is 5. The van der Waals surface area contributed by atoms with Crippen LogP contribution in [-0.4, -0.2) is 20.0 Å². The van der Waals surface area contributed by atoms with Gasteiger partial charge in [-0.05, 0) is 25.1 Å². The van der Waals surface area contributed by atoms with E-state index in [4.69, 9.17) is 9.47 Å². The highest BCUT2D eigenvalue weighted by molar-refractivity contribution is 6.00. The van der Waals surface area contributed by atoms with Crippen molar-refractivity contribution in [1.29, 1.82) is 0 Å². The van der Waals surface area contributed by atoms with Crippen molar-refractivity contribution >= 4 is 5.78 Å². The zero-order valence-electron chi connectivity index (χ0n) is 9.87. The molecule has 0 aromatic heterocycles. The first-order chi connectivity index (χ1) is 7.58. The van der Waals surface area contributed by atoms with Gasteiger partial charge in [-0.25, -0.2) is 0 Å². The lowest BCUT2D eigenvalue weighted by Crippen LogP contribution is -2.03. The highest BCUT2D eigenvalue weighted by Crippen LogP contribution is 2.25. The van der Waals surface area contributed by atoms with Crippen LogP contribution in [0, 0.1) is 0 Å². The molecule has 16 heavy (non-hydrogen) atoms. The van der Waals surface area contributed by atoms with Crippen LogP contribution in [0.4, 0.5) is 0 Å². The number of carbonyl (C=O) groups excluding carboxylic acids is 1. The minimum Gasteiger partial charge on any atom is -0.497 e. The zero-order valence-corrected chi connectivity index (χ0v) is 9.87. The summed E-state index contributed by atoms with van der Waals surface area (Å²) >= 11 is 0.